The van der Waals surface area contributed by atoms with Crippen molar-refractivity contribution in [2.75, 3.05) is 0 Å². The Morgan fingerprint density at radius 2 is 1.77 bits per heavy atom. The normalized spacial score (nSPS) is 10.0. The summed E-state index contributed by atoms with van der Waals surface area (Å²) in [4.78, 5) is 13.1. The van der Waals surface area contributed by atoms with Gasteiger partial charge in [0.25, 0.3) is 0 Å². The summed E-state index contributed by atoms with van der Waals surface area (Å²) in [6.07, 6.45) is 2.16. The smallest absolute Gasteiger partial charge is 0.0905 e. The van der Waals surface area contributed by atoms with Crippen molar-refractivity contribution in [3.05, 3.63) is 30.6 Å². The predicted molar refractivity (Wildman–Crippen MR) is 40.9 cm³/mol. The van der Waals surface area contributed by atoms with Gasteiger partial charge in [0.05, 0.1) is 12.1 Å². The van der Waals surface area contributed by atoms with Crippen LogP contribution in [-0.2, 0) is 27.2 Å². The van der Waals surface area contributed by atoms with E-state index < -0.39 is 12.1 Å². The number of hydrogen-bond acceptors (Lipinski definition) is 4. The van der Waals surface area contributed by atoms with Crippen molar-refractivity contribution in [1.82, 2.24) is 4.98 Å². The number of carbonyl (C=O) groups excluding carboxylic acids is 1. The molecule has 1 unspecified atom stereocenters. The molecular weight excluding hydrogens is 266 g/mol. The largest absolute Gasteiger partial charge is 0.547 e. The summed E-state index contributed by atoms with van der Waals surface area (Å²) >= 11 is 0. The molecule has 0 bridgehead atoms. The molecular formula is C8H10AgNO3-. The number of aliphatic carboxylic acids is 1. The second-order valence-corrected chi connectivity index (χ2v) is 2.02. The average Bonchev–Trinajstić information content (AvgIpc) is 2.08. The van der Waals surface area contributed by atoms with E-state index in [-0.39, 0.29) is 22.4 Å². The molecule has 5 heteroatoms. The number of nitrogens with zero attached hydrogens (tertiary/aromatic N) is 1. The molecule has 0 aliphatic heterocycles. The average molecular weight is 276 g/mol. The summed E-state index contributed by atoms with van der Waals surface area (Å²) in [5.74, 6) is -1.44. The number of rotatable bonds is 1. The van der Waals surface area contributed by atoms with Crippen LogP contribution in [0.15, 0.2) is 30.6 Å². The van der Waals surface area contributed by atoms with Gasteiger partial charge in [-0.2, -0.15) is 0 Å². The maximum Gasteiger partial charge on any atom is 0.0905 e. The van der Waals surface area contributed by atoms with E-state index in [4.69, 9.17) is 5.11 Å². The van der Waals surface area contributed by atoms with E-state index in [1.165, 1.54) is 0 Å². The van der Waals surface area contributed by atoms with Crippen LogP contribution in [0.25, 0.3) is 0 Å². The molecule has 1 heterocycles. The molecule has 1 radical (unpaired) electrons. The summed E-state index contributed by atoms with van der Waals surface area (Å²) < 4.78 is 0. The van der Waals surface area contributed by atoms with Crippen molar-refractivity contribution in [1.29, 1.82) is 0 Å². The van der Waals surface area contributed by atoms with Gasteiger partial charge in [0, 0.05) is 34.8 Å². The van der Waals surface area contributed by atoms with E-state index in [0.29, 0.717) is 0 Å². The van der Waals surface area contributed by atoms with Crippen LogP contribution in [0.5, 0.6) is 0 Å². The van der Waals surface area contributed by atoms with Gasteiger partial charge in [-0.25, -0.2) is 0 Å². The van der Waals surface area contributed by atoms with E-state index in [2.05, 4.69) is 4.98 Å². The zero-order valence-electron chi connectivity index (χ0n) is 6.98. The fourth-order valence-corrected chi connectivity index (χ4v) is 0.313. The number of pyridine rings is 1. The van der Waals surface area contributed by atoms with Gasteiger partial charge in [0.1, 0.15) is 0 Å². The van der Waals surface area contributed by atoms with Crippen molar-refractivity contribution in [3.63, 3.8) is 0 Å². The van der Waals surface area contributed by atoms with Crippen LogP contribution in [-0.4, -0.2) is 22.2 Å². The minimum Gasteiger partial charge on any atom is -0.547 e. The zero-order valence-corrected chi connectivity index (χ0v) is 8.46. The zero-order chi connectivity index (χ0) is 9.40. The van der Waals surface area contributed by atoms with E-state index in [1.807, 2.05) is 18.2 Å². The van der Waals surface area contributed by atoms with Gasteiger partial charge in [0.2, 0.25) is 0 Å². The molecule has 1 rings (SSSR count). The number of carboxylic acids is 1. The van der Waals surface area contributed by atoms with Crippen LogP contribution in [0, 0.1) is 0 Å². The number of aromatic nitrogens is 1. The van der Waals surface area contributed by atoms with Crippen LogP contribution in [0.1, 0.15) is 6.92 Å². The molecule has 0 aromatic carbocycles. The van der Waals surface area contributed by atoms with E-state index in [0.717, 1.165) is 6.92 Å². The topological polar surface area (TPSA) is 73.2 Å². The Labute approximate surface area is 92.1 Å². The Morgan fingerprint density at radius 3 is 1.85 bits per heavy atom. The van der Waals surface area contributed by atoms with Crippen LogP contribution in [0.4, 0.5) is 0 Å². The van der Waals surface area contributed by atoms with Gasteiger partial charge in [0.15, 0.2) is 0 Å². The molecule has 0 saturated heterocycles. The maximum absolute atomic E-state index is 9.34. The van der Waals surface area contributed by atoms with Crippen LogP contribution >= 0.6 is 0 Å². The van der Waals surface area contributed by atoms with Gasteiger partial charge in [-0.15, -0.1) is 0 Å². The first-order valence-corrected chi connectivity index (χ1v) is 3.38. The Balaban J connectivity index is 0. The van der Waals surface area contributed by atoms with Crippen molar-refractivity contribution < 1.29 is 37.4 Å². The summed E-state index contributed by atoms with van der Waals surface area (Å²) in [6, 6.07) is 5.72. The van der Waals surface area contributed by atoms with Gasteiger partial charge in [-0.3, -0.25) is 4.98 Å². The Hall–Kier alpha value is -0.680. The number of carboxylic acid groups (broad SMARTS) is 1. The van der Waals surface area contributed by atoms with Gasteiger partial charge >= 0.3 is 0 Å². The second-order valence-electron chi connectivity index (χ2n) is 2.02. The SMILES string of the molecule is CC(O)C(=O)[O-].[Ag].c1ccncc1. The second kappa shape index (κ2) is 9.41. The molecule has 1 aromatic rings. The molecule has 0 fully saturated rings. The number of carbonyl (C=O) groups is 1. The van der Waals surface area contributed by atoms with Crippen molar-refractivity contribution in [2.24, 2.45) is 0 Å². The van der Waals surface area contributed by atoms with E-state index >= 15 is 0 Å². The summed E-state index contributed by atoms with van der Waals surface area (Å²) in [5.41, 5.74) is 0. The maximum atomic E-state index is 9.34. The molecule has 77 valence electrons. The molecule has 4 nitrogen and oxygen atoms in total. The molecule has 1 aromatic heterocycles. The van der Waals surface area contributed by atoms with Gasteiger partial charge < -0.3 is 15.0 Å². The van der Waals surface area contributed by atoms with Crippen molar-refractivity contribution >= 4 is 5.97 Å². The van der Waals surface area contributed by atoms with Crippen LogP contribution in [0.3, 0.4) is 0 Å². The van der Waals surface area contributed by atoms with Gasteiger partial charge in [-0.05, 0) is 19.1 Å². The summed E-state index contributed by atoms with van der Waals surface area (Å²) in [6.45, 7) is 1.13. The monoisotopic (exact) mass is 275 g/mol. The number of aliphatic hydroxyl groups excluding tert-OH is 1. The fraction of sp³-hybridized carbons (Fsp3) is 0.250. The first-order valence-electron chi connectivity index (χ1n) is 3.38. The first-order chi connectivity index (χ1) is 5.64. The van der Waals surface area contributed by atoms with Crippen molar-refractivity contribution in [3.8, 4) is 0 Å². The third-order valence-electron chi connectivity index (χ3n) is 0.908. The Bertz CT molecular complexity index is 189. The summed E-state index contributed by atoms with van der Waals surface area (Å²) in [7, 11) is 0. The predicted octanol–water partition coefficient (Wildman–Crippen LogP) is -0.804. The molecule has 0 aliphatic carbocycles. The molecule has 0 amide bonds. The molecule has 0 aliphatic rings. The number of hydrogen-bond donors (Lipinski definition) is 1. The molecule has 1 atom stereocenters. The quantitative estimate of drug-likeness (QED) is 0.681. The summed E-state index contributed by atoms with van der Waals surface area (Å²) in [5, 5.41) is 17.3. The standard InChI is InChI=1S/C5H5N.C3H6O3.Ag/c1-2-4-6-5-3-1;1-2(4)3(5)6;/h1-5H;2,4H,1H3,(H,5,6);/p-1. The van der Waals surface area contributed by atoms with Crippen LogP contribution in [0.2, 0.25) is 0 Å². The van der Waals surface area contributed by atoms with E-state index in [9.17, 15) is 9.90 Å². The molecule has 0 spiro atoms. The Kier molecular flexibility index (Phi) is 10.7. The molecule has 13 heavy (non-hydrogen) atoms. The van der Waals surface area contributed by atoms with E-state index in [1.54, 1.807) is 12.4 Å². The fourth-order valence-electron chi connectivity index (χ4n) is 0.313. The Morgan fingerprint density at radius 1 is 1.38 bits per heavy atom. The third-order valence-corrected chi connectivity index (χ3v) is 0.908. The van der Waals surface area contributed by atoms with Gasteiger partial charge in [-0.1, -0.05) is 6.07 Å². The molecule has 1 N–H and O–H groups in total. The minimum atomic E-state index is -1.44. The molecule has 0 saturated carbocycles. The third kappa shape index (κ3) is 11.3. The number of aliphatic hydroxyl groups is 1. The van der Waals surface area contributed by atoms with Crippen molar-refractivity contribution in [2.45, 2.75) is 13.0 Å². The first kappa shape index (κ1) is 14.8. The minimum absolute atomic E-state index is 0. The van der Waals surface area contributed by atoms with Crippen LogP contribution < -0.4 is 5.11 Å².